The molecule has 2 atom stereocenters. The molecule has 1 aliphatic rings. The van der Waals surface area contributed by atoms with Gasteiger partial charge in [0.25, 0.3) is 0 Å². The van der Waals surface area contributed by atoms with Gasteiger partial charge < -0.3 is 10.1 Å². The number of nitrogens with one attached hydrogen (secondary N) is 2. The van der Waals surface area contributed by atoms with Gasteiger partial charge in [-0.25, -0.2) is 13.1 Å². The molecule has 1 aromatic carbocycles. The largest absolute Gasteiger partial charge is 0.370 e. The monoisotopic (exact) mass is 401 g/mol. The molecule has 134 valence electrons. The van der Waals surface area contributed by atoms with Gasteiger partial charge in [0.2, 0.25) is 10.0 Å². The van der Waals surface area contributed by atoms with Gasteiger partial charge in [-0.3, -0.25) is 4.98 Å². The smallest absolute Gasteiger partial charge is 0.242 e. The highest BCUT2D eigenvalue weighted by Gasteiger charge is 2.31. The maximum Gasteiger partial charge on any atom is 0.242 e. The predicted molar refractivity (Wildman–Crippen MR) is 96.4 cm³/mol. The lowest BCUT2D eigenvalue weighted by Gasteiger charge is -2.26. The Morgan fingerprint density at radius 3 is 2.80 bits per heavy atom. The van der Waals surface area contributed by atoms with Gasteiger partial charge in [0.15, 0.2) is 0 Å². The van der Waals surface area contributed by atoms with Crippen molar-refractivity contribution in [2.24, 2.45) is 0 Å². The van der Waals surface area contributed by atoms with E-state index in [4.69, 9.17) is 27.9 Å². The van der Waals surface area contributed by atoms with E-state index in [-0.39, 0.29) is 4.90 Å². The molecule has 1 saturated heterocycles. The third kappa shape index (κ3) is 4.49. The molecule has 0 amide bonds. The molecule has 0 aliphatic carbocycles. The van der Waals surface area contributed by atoms with Gasteiger partial charge in [0, 0.05) is 25.5 Å². The second-order valence-electron chi connectivity index (χ2n) is 5.59. The molecule has 9 heteroatoms. The SMILES string of the molecule is O=S(=O)(NC1CNCCOC1c1ccc(Cl)c(Cl)c1)c1cccnc1. The molecule has 2 unspecified atom stereocenters. The molecule has 0 spiro atoms. The number of ether oxygens (including phenoxy) is 1. The van der Waals surface area contributed by atoms with Gasteiger partial charge in [-0.1, -0.05) is 29.3 Å². The molecule has 1 aliphatic heterocycles. The van der Waals surface area contributed by atoms with Gasteiger partial charge in [-0.2, -0.15) is 0 Å². The number of nitrogens with zero attached hydrogens (tertiary/aromatic N) is 1. The molecule has 2 aromatic rings. The summed E-state index contributed by atoms with van der Waals surface area (Å²) in [6, 6.07) is 7.72. The first kappa shape index (κ1) is 18.6. The number of rotatable bonds is 4. The Hall–Kier alpha value is -1.22. The van der Waals surface area contributed by atoms with E-state index in [0.29, 0.717) is 29.7 Å². The van der Waals surface area contributed by atoms with Crippen molar-refractivity contribution < 1.29 is 13.2 Å². The average molecular weight is 402 g/mol. The van der Waals surface area contributed by atoms with Crippen LogP contribution in [0.3, 0.4) is 0 Å². The minimum Gasteiger partial charge on any atom is -0.370 e. The van der Waals surface area contributed by atoms with E-state index in [2.05, 4.69) is 15.0 Å². The molecule has 1 aromatic heterocycles. The molecule has 25 heavy (non-hydrogen) atoms. The number of pyridine rings is 1. The molecule has 0 radical (unpaired) electrons. The van der Waals surface area contributed by atoms with Crippen LogP contribution in [0.15, 0.2) is 47.6 Å². The van der Waals surface area contributed by atoms with E-state index in [9.17, 15) is 8.42 Å². The van der Waals surface area contributed by atoms with Crippen LogP contribution in [0, 0.1) is 0 Å². The highest BCUT2D eigenvalue weighted by atomic mass is 35.5. The Bertz CT molecular complexity index is 834. The lowest BCUT2D eigenvalue weighted by Crippen LogP contribution is -2.44. The minimum atomic E-state index is -3.73. The quantitative estimate of drug-likeness (QED) is 0.821. The fraction of sp³-hybridized carbons (Fsp3) is 0.312. The van der Waals surface area contributed by atoms with Crippen molar-refractivity contribution in [3.63, 3.8) is 0 Å². The zero-order valence-corrected chi connectivity index (χ0v) is 15.5. The molecule has 2 heterocycles. The number of hydrogen-bond acceptors (Lipinski definition) is 5. The number of halogens is 2. The molecule has 0 saturated carbocycles. The van der Waals surface area contributed by atoms with E-state index in [1.165, 1.54) is 18.5 Å². The van der Waals surface area contributed by atoms with Crippen LogP contribution in [-0.4, -0.2) is 39.1 Å². The van der Waals surface area contributed by atoms with Gasteiger partial charge in [0.05, 0.1) is 22.7 Å². The first-order valence-corrected chi connectivity index (χ1v) is 9.91. The van der Waals surface area contributed by atoms with Crippen molar-refractivity contribution in [1.29, 1.82) is 0 Å². The van der Waals surface area contributed by atoms with Crippen molar-refractivity contribution in [2.75, 3.05) is 19.7 Å². The van der Waals surface area contributed by atoms with Crippen molar-refractivity contribution >= 4 is 33.2 Å². The Kier molecular flexibility index (Phi) is 5.93. The summed E-state index contributed by atoms with van der Waals surface area (Å²) >= 11 is 12.1. The van der Waals surface area contributed by atoms with E-state index >= 15 is 0 Å². The number of hydrogen-bond donors (Lipinski definition) is 2. The van der Waals surface area contributed by atoms with Gasteiger partial charge in [0.1, 0.15) is 11.0 Å². The van der Waals surface area contributed by atoms with Crippen LogP contribution in [0.4, 0.5) is 0 Å². The van der Waals surface area contributed by atoms with E-state index in [1.807, 2.05) is 0 Å². The number of aromatic nitrogens is 1. The van der Waals surface area contributed by atoms with Gasteiger partial charge in [-0.05, 0) is 29.8 Å². The van der Waals surface area contributed by atoms with E-state index in [1.54, 1.807) is 24.3 Å². The second kappa shape index (κ2) is 7.99. The molecule has 3 rings (SSSR count). The molecular formula is C16H17Cl2N3O3S. The maximum absolute atomic E-state index is 12.6. The van der Waals surface area contributed by atoms with Crippen molar-refractivity contribution in [3.05, 3.63) is 58.3 Å². The van der Waals surface area contributed by atoms with Crippen LogP contribution >= 0.6 is 23.2 Å². The van der Waals surface area contributed by atoms with Crippen LogP contribution in [0.1, 0.15) is 11.7 Å². The Labute approximate surface area is 156 Å². The van der Waals surface area contributed by atoms with Crippen LogP contribution in [0.25, 0.3) is 0 Å². The van der Waals surface area contributed by atoms with Crippen molar-refractivity contribution in [2.45, 2.75) is 17.0 Å². The lowest BCUT2D eigenvalue weighted by molar-refractivity contribution is 0.0493. The highest BCUT2D eigenvalue weighted by Crippen LogP contribution is 2.30. The zero-order chi connectivity index (χ0) is 17.9. The van der Waals surface area contributed by atoms with Gasteiger partial charge >= 0.3 is 0 Å². The molecule has 1 fully saturated rings. The summed E-state index contributed by atoms with van der Waals surface area (Å²) in [5.41, 5.74) is 0.761. The van der Waals surface area contributed by atoms with Crippen LogP contribution < -0.4 is 10.0 Å². The Balaban J connectivity index is 1.89. The lowest BCUT2D eigenvalue weighted by atomic mass is 10.0. The number of sulfonamides is 1. The fourth-order valence-electron chi connectivity index (χ4n) is 2.63. The normalized spacial score (nSPS) is 21.7. The highest BCUT2D eigenvalue weighted by molar-refractivity contribution is 7.89. The van der Waals surface area contributed by atoms with E-state index in [0.717, 1.165) is 5.56 Å². The molecule has 2 N–H and O–H groups in total. The summed E-state index contributed by atoms with van der Waals surface area (Å²) in [5, 5.41) is 4.00. The maximum atomic E-state index is 12.6. The topological polar surface area (TPSA) is 80.3 Å². The summed E-state index contributed by atoms with van der Waals surface area (Å²) in [6.45, 7) is 1.50. The Morgan fingerprint density at radius 2 is 2.08 bits per heavy atom. The fourth-order valence-corrected chi connectivity index (χ4v) is 4.14. The van der Waals surface area contributed by atoms with Crippen molar-refractivity contribution in [1.82, 2.24) is 15.0 Å². The van der Waals surface area contributed by atoms with Crippen LogP contribution in [0.5, 0.6) is 0 Å². The summed E-state index contributed by atoms with van der Waals surface area (Å²) in [5.74, 6) is 0. The molecular weight excluding hydrogens is 385 g/mol. The summed E-state index contributed by atoms with van der Waals surface area (Å²) in [4.78, 5) is 3.97. The first-order valence-electron chi connectivity index (χ1n) is 7.67. The van der Waals surface area contributed by atoms with Crippen molar-refractivity contribution in [3.8, 4) is 0 Å². The summed E-state index contributed by atoms with van der Waals surface area (Å²) in [6.07, 6.45) is 2.34. The van der Waals surface area contributed by atoms with Crippen LogP contribution in [-0.2, 0) is 14.8 Å². The Morgan fingerprint density at radius 1 is 1.24 bits per heavy atom. The summed E-state index contributed by atoms with van der Waals surface area (Å²) in [7, 11) is -3.73. The minimum absolute atomic E-state index is 0.104. The first-order chi connectivity index (χ1) is 12.0. The standard InChI is InChI=1S/C16H17Cl2N3O3S/c17-13-4-3-11(8-14(13)18)16-15(10-20-6-7-24-16)21-25(22,23)12-2-1-5-19-9-12/h1-5,8-9,15-16,20-21H,6-7,10H2. The predicted octanol–water partition coefficient (Wildman–Crippen LogP) is 2.40. The van der Waals surface area contributed by atoms with Gasteiger partial charge in [-0.15, -0.1) is 0 Å². The molecule has 0 bridgehead atoms. The third-order valence-corrected chi connectivity index (χ3v) is 6.04. The second-order valence-corrected chi connectivity index (χ2v) is 8.11. The summed E-state index contributed by atoms with van der Waals surface area (Å²) < 4.78 is 33.8. The average Bonchev–Trinajstić information content (AvgIpc) is 2.83. The number of benzene rings is 1. The molecule has 6 nitrogen and oxygen atoms in total. The van der Waals surface area contributed by atoms with E-state index < -0.39 is 22.2 Å². The third-order valence-electron chi connectivity index (χ3n) is 3.83. The zero-order valence-electron chi connectivity index (χ0n) is 13.2. The van der Waals surface area contributed by atoms with Crippen LogP contribution in [0.2, 0.25) is 10.0 Å².